The molecule has 1 N–H and O–H groups in total. The van der Waals surface area contributed by atoms with Crippen LogP contribution < -0.4 is 0 Å². The molecule has 0 aliphatic carbocycles. The summed E-state index contributed by atoms with van der Waals surface area (Å²) in [7, 11) is -3.02. The molecule has 0 amide bonds. The molecular formula is C42H64Cl4N12O3S3Si3. The number of hydrogen-bond donors (Lipinski definition) is 1. The summed E-state index contributed by atoms with van der Waals surface area (Å²) in [5, 5.41) is 19.5. The summed E-state index contributed by atoms with van der Waals surface area (Å²) < 4.78 is 20.1. The van der Waals surface area contributed by atoms with Gasteiger partial charge in [0.2, 0.25) is 10.3 Å². The highest BCUT2D eigenvalue weighted by Crippen LogP contribution is 2.23. The first kappa shape index (κ1) is 58.9. The van der Waals surface area contributed by atoms with Crippen LogP contribution in [0.15, 0.2) is 70.5 Å². The lowest BCUT2D eigenvalue weighted by atomic mass is 10.3. The van der Waals surface area contributed by atoms with Crippen LogP contribution in [0.1, 0.15) is 0 Å². The maximum absolute atomic E-state index is 5.84. The van der Waals surface area contributed by atoms with Gasteiger partial charge in [-0.15, -0.1) is 15.3 Å². The van der Waals surface area contributed by atoms with E-state index in [2.05, 4.69) is 109 Å². The molecule has 0 saturated heterocycles. The summed E-state index contributed by atoms with van der Waals surface area (Å²) in [6.07, 6.45) is 10.9. The molecule has 6 rings (SSSR count). The summed E-state index contributed by atoms with van der Waals surface area (Å²) in [6, 6.07) is 14.6. The van der Waals surface area contributed by atoms with Gasteiger partial charge in [0.15, 0.2) is 22.6 Å². The van der Waals surface area contributed by atoms with E-state index in [0.29, 0.717) is 46.6 Å². The van der Waals surface area contributed by atoms with E-state index in [1.165, 1.54) is 29.6 Å². The number of aromatic nitrogens is 12. The standard InChI is InChI=1S/2C14H21ClN4OSSi.C8H7ClN4S.C6H15ClOSi/c1-21-14-17-13(11-5-6-12(15)16-9-11)19(18-14)10-20-7-8-22(2,3)4;1-21-14-17-13(11-5-6-12(15)16-9-11)18-19(14)10-20-7-8-22(2,3)4;1-14-8-11-7(12-13-8)5-2-3-6(9)10-4-5;1-9(2,3)5-4-8-6-7/h2*5-6,9H,7-8,10H2,1-4H3;2-4H,1H3,(H,11,12,13);4-6H2,1-3H3. The van der Waals surface area contributed by atoms with E-state index >= 15 is 0 Å². The van der Waals surface area contributed by atoms with Crippen LogP contribution in [-0.2, 0) is 27.7 Å². The van der Waals surface area contributed by atoms with Gasteiger partial charge in [0, 0.05) is 79.3 Å². The van der Waals surface area contributed by atoms with Crippen LogP contribution >= 0.6 is 81.7 Å². The number of ether oxygens (including phenoxy) is 3. The molecular weight excluding hydrogens is 1040 g/mol. The second-order valence-electron chi connectivity index (χ2n) is 18.1. The van der Waals surface area contributed by atoms with Crippen LogP contribution in [0.25, 0.3) is 34.2 Å². The molecule has 0 fully saturated rings. The minimum atomic E-state index is -1.08. The van der Waals surface area contributed by atoms with Crippen molar-refractivity contribution in [3.8, 4) is 34.2 Å². The third-order valence-electron chi connectivity index (χ3n) is 8.77. The molecule has 0 bridgehead atoms. The minimum absolute atomic E-state index is 0.338. The number of alkyl halides is 1. The number of hydrogen-bond acceptors (Lipinski definition) is 15. The highest BCUT2D eigenvalue weighted by Gasteiger charge is 2.17. The highest BCUT2D eigenvalue weighted by atomic mass is 35.5. The van der Waals surface area contributed by atoms with Gasteiger partial charge in [0.25, 0.3) is 0 Å². The molecule has 368 valence electrons. The Balaban J connectivity index is 0.000000249. The summed E-state index contributed by atoms with van der Waals surface area (Å²) in [5.41, 5.74) is 2.61. The maximum Gasteiger partial charge on any atom is 0.208 e. The Morgan fingerprint density at radius 2 is 1.03 bits per heavy atom. The predicted molar refractivity (Wildman–Crippen MR) is 290 cm³/mol. The molecule has 0 aliphatic rings. The molecule has 0 aromatic carbocycles. The van der Waals surface area contributed by atoms with Crippen LogP contribution in [-0.4, -0.2) is 129 Å². The summed E-state index contributed by atoms with van der Waals surface area (Å²) in [5.74, 6) is 2.10. The number of halogens is 4. The van der Waals surface area contributed by atoms with Gasteiger partial charge in [-0.2, -0.15) is 0 Å². The van der Waals surface area contributed by atoms with E-state index in [4.69, 9.17) is 60.6 Å². The second kappa shape index (κ2) is 29.7. The minimum Gasteiger partial charge on any atom is -0.366 e. The molecule has 6 aromatic heterocycles. The fraction of sp³-hybridized carbons (Fsp3) is 0.500. The summed E-state index contributed by atoms with van der Waals surface area (Å²) >= 11 is 27.2. The van der Waals surface area contributed by atoms with Gasteiger partial charge in [0.05, 0.1) is 0 Å². The number of aromatic amines is 1. The molecule has 6 aromatic rings. The van der Waals surface area contributed by atoms with Gasteiger partial charge >= 0.3 is 0 Å². The molecule has 0 aliphatic heterocycles. The van der Waals surface area contributed by atoms with Crippen molar-refractivity contribution in [1.29, 1.82) is 0 Å². The number of rotatable bonds is 20. The zero-order valence-electron chi connectivity index (χ0n) is 40.4. The lowest BCUT2D eigenvalue weighted by Crippen LogP contribution is -2.22. The van der Waals surface area contributed by atoms with Gasteiger partial charge < -0.3 is 14.2 Å². The summed E-state index contributed by atoms with van der Waals surface area (Å²) in [4.78, 5) is 25.4. The van der Waals surface area contributed by atoms with Crippen LogP contribution in [0.4, 0.5) is 0 Å². The van der Waals surface area contributed by atoms with Crippen LogP contribution in [0, 0.1) is 0 Å². The first-order valence-electron chi connectivity index (χ1n) is 21.2. The van der Waals surface area contributed by atoms with Gasteiger partial charge in [0.1, 0.15) is 35.0 Å². The van der Waals surface area contributed by atoms with E-state index in [1.54, 1.807) is 57.9 Å². The quantitative estimate of drug-likeness (QED) is 0.0252. The molecule has 0 radical (unpaired) electrons. The third-order valence-corrected chi connectivity index (χ3v) is 16.5. The molecule has 0 saturated carbocycles. The van der Waals surface area contributed by atoms with Crippen LogP contribution in [0.2, 0.25) is 92.5 Å². The Labute approximate surface area is 431 Å². The fourth-order valence-corrected chi connectivity index (χ4v) is 8.76. The van der Waals surface area contributed by atoms with Crippen molar-refractivity contribution in [3.63, 3.8) is 0 Å². The van der Waals surface area contributed by atoms with Crippen molar-refractivity contribution in [1.82, 2.24) is 59.7 Å². The van der Waals surface area contributed by atoms with Gasteiger partial charge in [-0.3, -0.25) is 5.10 Å². The Hall–Kier alpha value is -2.39. The van der Waals surface area contributed by atoms with Gasteiger partial charge in [-0.25, -0.2) is 39.3 Å². The van der Waals surface area contributed by atoms with E-state index in [9.17, 15) is 0 Å². The zero-order valence-corrected chi connectivity index (χ0v) is 48.9. The molecule has 0 atom stereocenters. The number of H-pyrrole nitrogens is 1. The van der Waals surface area contributed by atoms with Gasteiger partial charge in [-0.1, -0.05) is 141 Å². The lowest BCUT2D eigenvalue weighted by Gasteiger charge is -2.15. The van der Waals surface area contributed by atoms with E-state index in [1.807, 2.05) is 37.0 Å². The third kappa shape index (κ3) is 23.9. The Bertz CT molecular complexity index is 2310. The molecule has 15 nitrogen and oxygen atoms in total. The lowest BCUT2D eigenvalue weighted by molar-refractivity contribution is 0.0720. The van der Waals surface area contributed by atoms with Crippen LogP contribution in [0.3, 0.4) is 0 Å². The smallest absolute Gasteiger partial charge is 0.208 e. The average molecular weight is 1110 g/mol. The Morgan fingerprint density at radius 1 is 0.552 bits per heavy atom. The van der Waals surface area contributed by atoms with Gasteiger partial charge in [-0.05, 0) is 73.3 Å². The molecule has 25 heteroatoms. The van der Waals surface area contributed by atoms with Crippen molar-refractivity contribution in [2.45, 2.75) is 106 Å². The van der Waals surface area contributed by atoms with Crippen LogP contribution in [0.5, 0.6) is 0 Å². The number of thioether (sulfide) groups is 3. The van der Waals surface area contributed by atoms with Crippen molar-refractivity contribution < 1.29 is 14.2 Å². The second-order valence-corrected chi connectivity index (χ2v) is 38.7. The molecule has 6 heterocycles. The van der Waals surface area contributed by atoms with Crippen molar-refractivity contribution >= 4 is 106 Å². The van der Waals surface area contributed by atoms with Crippen molar-refractivity contribution in [2.24, 2.45) is 0 Å². The number of nitrogens with zero attached hydrogens (tertiary/aromatic N) is 11. The monoisotopic (exact) mass is 1100 g/mol. The van der Waals surface area contributed by atoms with E-state index < -0.39 is 24.2 Å². The predicted octanol–water partition coefficient (Wildman–Crippen LogP) is 12.8. The topological polar surface area (TPSA) is 169 Å². The molecule has 0 unspecified atom stereocenters. The maximum atomic E-state index is 5.84. The Morgan fingerprint density at radius 3 is 1.46 bits per heavy atom. The first-order chi connectivity index (χ1) is 31.6. The zero-order chi connectivity index (χ0) is 49.6. The van der Waals surface area contributed by atoms with E-state index in [0.717, 1.165) is 69.9 Å². The SMILES string of the molecule is CSc1n[nH]c(-c2ccc(Cl)nc2)n1.CSc1nc(-c2ccc(Cl)nc2)n(COCC[Si](C)(C)C)n1.CSc1nc(-c2ccc(Cl)nc2)nn1COCC[Si](C)(C)C.C[Si](C)(C)CCOCCl. The highest BCUT2D eigenvalue weighted by molar-refractivity contribution is 7.98. The van der Waals surface area contributed by atoms with E-state index in [-0.39, 0.29) is 0 Å². The first-order valence-corrected chi connectivity index (χ1v) is 37.7. The Kier molecular flexibility index (Phi) is 26.1. The summed E-state index contributed by atoms with van der Waals surface area (Å²) in [6.45, 7) is 24.2. The molecule has 67 heavy (non-hydrogen) atoms. The fourth-order valence-electron chi connectivity index (χ4n) is 4.89. The largest absolute Gasteiger partial charge is 0.366 e. The average Bonchev–Trinajstić information content (AvgIpc) is 4.04. The number of pyridine rings is 3. The van der Waals surface area contributed by atoms with Crippen molar-refractivity contribution in [2.75, 3.05) is 44.7 Å². The normalized spacial score (nSPS) is 11.6. The molecule has 0 spiro atoms. The number of nitrogens with one attached hydrogen (secondary N) is 1. The van der Waals surface area contributed by atoms with Crippen molar-refractivity contribution in [3.05, 3.63) is 70.4 Å².